The van der Waals surface area contributed by atoms with Gasteiger partial charge < -0.3 is 14.8 Å². The highest BCUT2D eigenvalue weighted by molar-refractivity contribution is 6.06. The van der Waals surface area contributed by atoms with Crippen molar-refractivity contribution in [3.63, 3.8) is 0 Å². The van der Waals surface area contributed by atoms with Crippen molar-refractivity contribution in [3.05, 3.63) is 48.0 Å². The SMILES string of the molecule is C#CCN1C(=O)C(c2ccccc2)Nc2cc3c(cc21)OCO3. The summed E-state index contributed by atoms with van der Waals surface area (Å²) >= 11 is 0. The van der Waals surface area contributed by atoms with E-state index in [0.29, 0.717) is 17.2 Å². The van der Waals surface area contributed by atoms with Crippen LogP contribution in [0.25, 0.3) is 0 Å². The number of carbonyl (C=O) groups is 1. The van der Waals surface area contributed by atoms with Crippen molar-refractivity contribution in [2.24, 2.45) is 0 Å². The highest BCUT2D eigenvalue weighted by Crippen LogP contribution is 2.45. The van der Waals surface area contributed by atoms with Gasteiger partial charge in [0.05, 0.1) is 17.9 Å². The fraction of sp³-hybridized carbons (Fsp3) is 0.167. The van der Waals surface area contributed by atoms with Gasteiger partial charge in [-0.15, -0.1) is 6.42 Å². The molecular formula is C18H14N2O3. The number of nitrogens with one attached hydrogen (secondary N) is 1. The molecule has 1 N–H and O–H groups in total. The largest absolute Gasteiger partial charge is 0.454 e. The van der Waals surface area contributed by atoms with Crippen LogP contribution in [0.4, 0.5) is 11.4 Å². The summed E-state index contributed by atoms with van der Waals surface area (Å²) in [5.74, 6) is 3.76. The molecule has 1 atom stereocenters. The topological polar surface area (TPSA) is 50.8 Å². The summed E-state index contributed by atoms with van der Waals surface area (Å²) in [5.41, 5.74) is 2.41. The molecule has 2 aliphatic heterocycles. The number of terminal acetylenes is 1. The molecule has 5 nitrogen and oxygen atoms in total. The third kappa shape index (κ3) is 2.16. The first-order chi connectivity index (χ1) is 11.3. The molecule has 2 aromatic rings. The minimum Gasteiger partial charge on any atom is -0.454 e. The maximum absolute atomic E-state index is 12.9. The van der Waals surface area contributed by atoms with Crippen LogP contribution < -0.4 is 19.7 Å². The van der Waals surface area contributed by atoms with E-state index in [1.54, 1.807) is 11.0 Å². The van der Waals surface area contributed by atoms with Crippen LogP contribution in [0.1, 0.15) is 11.6 Å². The summed E-state index contributed by atoms with van der Waals surface area (Å²) < 4.78 is 10.8. The average molecular weight is 306 g/mol. The zero-order valence-electron chi connectivity index (χ0n) is 12.3. The molecule has 5 heteroatoms. The lowest BCUT2D eigenvalue weighted by atomic mass is 10.0. The lowest BCUT2D eigenvalue weighted by Gasteiger charge is -2.34. The van der Waals surface area contributed by atoms with E-state index in [9.17, 15) is 4.79 Å². The van der Waals surface area contributed by atoms with Crippen molar-refractivity contribution in [2.45, 2.75) is 6.04 Å². The lowest BCUT2D eigenvalue weighted by Crippen LogP contribution is -2.42. The van der Waals surface area contributed by atoms with E-state index < -0.39 is 6.04 Å². The molecule has 114 valence electrons. The summed E-state index contributed by atoms with van der Waals surface area (Å²) in [5, 5.41) is 3.29. The summed E-state index contributed by atoms with van der Waals surface area (Å²) in [6.45, 7) is 0.389. The Morgan fingerprint density at radius 2 is 1.96 bits per heavy atom. The molecule has 0 fully saturated rings. The van der Waals surface area contributed by atoms with Crippen LogP contribution in [-0.2, 0) is 4.79 Å². The molecule has 2 heterocycles. The fourth-order valence-corrected chi connectivity index (χ4v) is 2.89. The molecule has 0 saturated heterocycles. The van der Waals surface area contributed by atoms with Gasteiger partial charge in [0.2, 0.25) is 6.79 Å². The first kappa shape index (κ1) is 13.5. The molecule has 0 aromatic heterocycles. The number of hydrogen-bond donors (Lipinski definition) is 1. The van der Waals surface area contributed by atoms with Crippen LogP contribution in [-0.4, -0.2) is 19.2 Å². The van der Waals surface area contributed by atoms with Crippen LogP contribution in [0.5, 0.6) is 11.5 Å². The quantitative estimate of drug-likeness (QED) is 0.866. The predicted molar refractivity (Wildman–Crippen MR) is 86.6 cm³/mol. The van der Waals surface area contributed by atoms with Crippen molar-refractivity contribution in [2.75, 3.05) is 23.6 Å². The van der Waals surface area contributed by atoms with Crippen molar-refractivity contribution >= 4 is 17.3 Å². The van der Waals surface area contributed by atoms with Crippen LogP contribution >= 0.6 is 0 Å². The van der Waals surface area contributed by atoms with Gasteiger partial charge in [-0.3, -0.25) is 9.69 Å². The number of nitrogens with zero attached hydrogens (tertiary/aromatic N) is 1. The standard InChI is InChI=1S/C18H14N2O3/c1-2-8-20-14-10-16-15(22-11-23-16)9-13(14)19-17(18(20)21)12-6-4-3-5-7-12/h1,3-7,9-10,17,19H,8,11H2. The Labute approximate surface area is 133 Å². The van der Waals surface area contributed by atoms with Crippen molar-refractivity contribution in [1.29, 1.82) is 0 Å². The molecule has 0 bridgehead atoms. The van der Waals surface area contributed by atoms with Gasteiger partial charge in [0.1, 0.15) is 6.04 Å². The van der Waals surface area contributed by atoms with Crippen LogP contribution in [0.15, 0.2) is 42.5 Å². The van der Waals surface area contributed by atoms with Gasteiger partial charge in [-0.2, -0.15) is 0 Å². The molecule has 0 saturated carbocycles. The van der Waals surface area contributed by atoms with E-state index in [4.69, 9.17) is 15.9 Å². The van der Waals surface area contributed by atoms with E-state index in [1.165, 1.54) is 0 Å². The van der Waals surface area contributed by atoms with Gasteiger partial charge >= 0.3 is 0 Å². The Bertz CT molecular complexity index is 811. The molecule has 4 rings (SSSR count). The molecule has 0 spiro atoms. The van der Waals surface area contributed by atoms with Gasteiger partial charge in [-0.05, 0) is 5.56 Å². The minimum atomic E-state index is -0.475. The van der Waals surface area contributed by atoms with E-state index in [1.807, 2.05) is 36.4 Å². The van der Waals surface area contributed by atoms with Crippen LogP contribution in [0.3, 0.4) is 0 Å². The Morgan fingerprint density at radius 1 is 1.22 bits per heavy atom. The average Bonchev–Trinajstić information content (AvgIpc) is 3.03. The van der Waals surface area contributed by atoms with Crippen LogP contribution in [0.2, 0.25) is 0 Å². The highest BCUT2D eigenvalue weighted by Gasteiger charge is 2.34. The number of carbonyl (C=O) groups excluding carboxylic acids is 1. The third-order valence-electron chi connectivity index (χ3n) is 3.98. The third-order valence-corrected chi connectivity index (χ3v) is 3.98. The second-order valence-corrected chi connectivity index (χ2v) is 5.34. The predicted octanol–water partition coefficient (Wildman–Crippen LogP) is 2.55. The van der Waals surface area contributed by atoms with Gasteiger partial charge in [0.25, 0.3) is 5.91 Å². The Balaban J connectivity index is 1.81. The Hall–Kier alpha value is -3.13. The first-order valence-electron chi connectivity index (χ1n) is 7.28. The Kier molecular flexibility index (Phi) is 3.09. The zero-order valence-corrected chi connectivity index (χ0v) is 12.3. The first-order valence-corrected chi connectivity index (χ1v) is 7.28. The molecule has 23 heavy (non-hydrogen) atoms. The highest BCUT2D eigenvalue weighted by atomic mass is 16.7. The Morgan fingerprint density at radius 3 is 2.70 bits per heavy atom. The summed E-state index contributed by atoms with van der Waals surface area (Å²) in [4.78, 5) is 14.5. The summed E-state index contributed by atoms with van der Waals surface area (Å²) in [6.07, 6.45) is 5.46. The van der Waals surface area contributed by atoms with Gasteiger partial charge in [0.15, 0.2) is 11.5 Å². The van der Waals surface area contributed by atoms with E-state index in [0.717, 1.165) is 11.3 Å². The number of anilines is 2. The number of amides is 1. The molecule has 1 amide bonds. The van der Waals surface area contributed by atoms with E-state index in [2.05, 4.69) is 11.2 Å². The smallest absolute Gasteiger partial charge is 0.255 e. The summed E-state index contributed by atoms with van der Waals surface area (Å²) in [7, 11) is 0. The molecule has 0 aliphatic carbocycles. The summed E-state index contributed by atoms with van der Waals surface area (Å²) in [6, 6.07) is 12.7. The van der Waals surface area contributed by atoms with Gasteiger partial charge in [0, 0.05) is 12.1 Å². The fourth-order valence-electron chi connectivity index (χ4n) is 2.89. The second kappa shape index (κ2) is 5.25. The zero-order chi connectivity index (χ0) is 15.8. The monoisotopic (exact) mass is 306 g/mol. The van der Waals surface area contributed by atoms with Crippen molar-refractivity contribution in [1.82, 2.24) is 0 Å². The molecule has 1 unspecified atom stereocenters. The molecule has 2 aromatic carbocycles. The number of hydrogen-bond acceptors (Lipinski definition) is 4. The minimum absolute atomic E-state index is 0.0829. The van der Waals surface area contributed by atoms with Gasteiger partial charge in [-0.25, -0.2) is 0 Å². The molecule has 0 radical (unpaired) electrons. The maximum atomic E-state index is 12.9. The number of benzene rings is 2. The van der Waals surface area contributed by atoms with E-state index >= 15 is 0 Å². The van der Waals surface area contributed by atoms with Crippen molar-refractivity contribution in [3.8, 4) is 23.8 Å². The number of fused-ring (bicyclic) bond motifs is 2. The second-order valence-electron chi connectivity index (χ2n) is 5.34. The van der Waals surface area contributed by atoms with Crippen LogP contribution in [0, 0.1) is 12.3 Å². The number of ether oxygens (including phenoxy) is 2. The maximum Gasteiger partial charge on any atom is 0.255 e. The van der Waals surface area contributed by atoms with E-state index in [-0.39, 0.29) is 19.2 Å². The normalized spacial score (nSPS) is 18.1. The molecular weight excluding hydrogens is 292 g/mol. The van der Waals surface area contributed by atoms with Crippen molar-refractivity contribution < 1.29 is 14.3 Å². The number of rotatable bonds is 2. The van der Waals surface area contributed by atoms with Gasteiger partial charge in [-0.1, -0.05) is 36.3 Å². The lowest BCUT2D eigenvalue weighted by molar-refractivity contribution is -0.119. The molecule has 2 aliphatic rings.